The maximum absolute atomic E-state index is 12.3. The first kappa shape index (κ1) is 14.8. The summed E-state index contributed by atoms with van der Waals surface area (Å²) in [5.74, 6) is -0.144. The van der Waals surface area contributed by atoms with Crippen molar-refractivity contribution < 1.29 is 9.53 Å². The van der Waals surface area contributed by atoms with E-state index in [1.54, 1.807) is 13.2 Å². The van der Waals surface area contributed by atoms with Crippen molar-refractivity contribution in [2.45, 2.75) is 19.4 Å². The van der Waals surface area contributed by atoms with E-state index >= 15 is 0 Å². The molecule has 2 rings (SSSR count). The van der Waals surface area contributed by atoms with E-state index in [4.69, 9.17) is 16.3 Å². The van der Waals surface area contributed by atoms with Crippen LogP contribution in [-0.4, -0.2) is 30.6 Å². The summed E-state index contributed by atoms with van der Waals surface area (Å²) in [6, 6.07) is 9.09. The highest BCUT2D eigenvalue weighted by Gasteiger charge is 2.14. The summed E-state index contributed by atoms with van der Waals surface area (Å²) < 4.78 is 5.01. The lowest BCUT2D eigenvalue weighted by atomic mass is 10.1. The Morgan fingerprint density at radius 1 is 1.45 bits per heavy atom. The number of fused-ring (bicyclic) bond motifs is 1. The molecule has 4 nitrogen and oxygen atoms in total. The number of para-hydroxylation sites is 1. The monoisotopic (exact) mass is 292 g/mol. The molecule has 1 aromatic heterocycles. The highest BCUT2D eigenvalue weighted by molar-refractivity contribution is 6.30. The van der Waals surface area contributed by atoms with Crippen molar-refractivity contribution in [2.24, 2.45) is 0 Å². The molecular weight excluding hydrogens is 276 g/mol. The van der Waals surface area contributed by atoms with Gasteiger partial charge < -0.3 is 10.1 Å². The molecule has 106 valence electrons. The third-order valence-corrected chi connectivity index (χ3v) is 3.26. The van der Waals surface area contributed by atoms with Crippen LogP contribution in [0.4, 0.5) is 0 Å². The van der Waals surface area contributed by atoms with Gasteiger partial charge in [-0.1, -0.05) is 29.8 Å². The third-order valence-electron chi connectivity index (χ3n) is 3.06. The van der Waals surface area contributed by atoms with Gasteiger partial charge in [-0.05, 0) is 25.5 Å². The summed E-state index contributed by atoms with van der Waals surface area (Å²) in [7, 11) is 1.64. The van der Waals surface area contributed by atoms with Crippen LogP contribution in [0.2, 0.25) is 5.15 Å². The SMILES string of the molecule is COCCC(C)NC(=O)c1cc(Cl)nc2ccccc12. The second kappa shape index (κ2) is 6.68. The molecule has 1 heterocycles. The van der Waals surface area contributed by atoms with E-state index in [1.807, 2.05) is 31.2 Å². The molecular formula is C15H17ClN2O2. The number of hydrogen-bond acceptors (Lipinski definition) is 3. The molecule has 0 fully saturated rings. The molecule has 0 spiro atoms. The van der Waals surface area contributed by atoms with E-state index in [9.17, 15) is 4.79 Å². The van der Waals surface area contributed by atoms with Crippen LogP contribution in [-0.2, 0) is 4.74 Å². The largest absolute Gasteiger partial charge is 0.385 e. The highest BCUT2D eigenvalue weighted by atomic mass is 35.5. The quantitative estimate of drug-likeness (QED) is 0.862. The van der Waals surface area contributed by atoms with Gasteiger partial charge >= 0.3 is 0 Å². The van der Waals surface area contributed by atoms with Crippen LogP contribution < -0.4 is 5.32 Å². The molecule has 0 saturated carbocycles. The Hall–Kier alpha value is -1.65. The Bertz CT molecular complexity index is 616. The van der Waals surface area contributed by atoms with E-state index in [-0.39, 0.29) is 11.9 Å². The first-order chi connectivity index (χ1) is 9.61. The van der Waals surface area contributed by atoms with Crippen molar-refractivity contribution in [2.75, 3.05) is 13.7 Å². The number of benzene rings is 1. The van der Waals surface area contributed by atoms with Gasteiger partial charge in [0, 0.05) is 25.1 Å². The molecule has 0 aliphatic carbocycles. The molecule has 1 amide bonds. The second-order valence-corrected chi connectivity index (χ2v) is 5.05. The van der Waals surface area contributed by atoms with Crippen molar-refractivity contribution in [3.8, 4) is 0 Å². The van der Waals surface area contributed by atoms with Crippen LogP contribution in [0.1, 0.15) is 23.7 Å². The molecule has 0 radical (unpaired) electrons. The van der Waals surface area contributed by atoms with Gasteiger partial charge in [-0.3, -0.25) is 4.79 Å². The Balaban J connectivity index is 2.25. The van der Waals surface area contributed by atoms with Crippen LogP contribution in [0.25, 0.3) is 10.9 Å². The van der Waals surface area contributed by atoms with Gasteiger partial charge in [0.05, 0.1) is 11.1 Å². The van der Waals surface area contributed by atoms with Gasteiger partial charge in [0.2, 0.25) is 0 Å². The van der Waals surface area contributed by atoms with Crippen molar-refractivity contribution in [1.29, 1.82) is 0 Å². The van der Waals surface area contributed by atoms with Crippen molar-refractivity contribution >= 4 is 28.4 Å². The zero-order chi connectivity index (χ0) is 14.5. The van der Waals surface area contributed by atoms with Crippen molar-refractivity contribution in [1.82, 2.24) is 10.3 Å². The Labute approximate surface area is 123 Å². The fourth-order valence-electron chi connectivity index (χ4n) is 2.00. The fourth-order valence-corrected chi connectivity index (χ4v) is 2.20. The lowest BCUT2D eigenvalue weighted by Gasteiger charge is -2.14. The van der Waals surface area contributed by atoms with Crippen molar-refractivity contribution in [3.63, 3.8) is 0 Å². The molecule has 0 bridgehead atoms. The van der Waals surface area contributed by atoms with E-state index < -0.39 is 0 Å². The number of hydrogen-bond donors (Lipinski definition) is 1. The van der Waals surface area contributed by atoms with Gasteiger partial charge in [0.1, 0.15) is 5.15 Å². The van der Waals surface area contributed by atoms with Crippen LogP contribution >= 0.6 is 11.6 Å². The first-order valence-corrected chi connectivity index (χ1v) is 6.84. The number of ether oxygens (including phenoxy) is 1. The van der Waals surface area contributed by atoms with E-state index in [0.717, 1.165) is 17.3 Å². The molecule has 1 atom stereocenters. The number of nitrogens with zero attached hydrogens (tertiary/aromatic N) is 1. The zero-order valence-electron chi connectivity index (χ0n) is 11.5. The van der Waals surface area contributed by atoms with E-state index in [1.165, 1.54) is 0 Å². The smallest absolute Gasteiger partial charge is 0.252 e. The number of amides is 1. The summed E-state index contributed by atoms with van der Waals surface area (Å²) in [6.07, 6.45) is 0.763. The number of pyridine rings is 1. The fraction of sp³-hybridized carbons (Fsp3) is 0.333. The number of methoxy groups -OCH3 is 1. The minimum absolute atomic E-state index is 0.0353. The van der Waals surface area contributed by atoms with Crippen LogP contribution in [0.15, 0.2) is 30.3 Å². The summed E-state index contributed by atoms with van der Waals surface area (Å²) >= 11 is 5.98. The van der Waals surface area contributed by atoms with Gasteiger partial charge in [-0.15, -0.1) is 0 Å². The Morgan fingerprint density at radius 2 is 2.20 bits per heavy atom. The maximum atomic E-state index is 12.3. The first-order valence-electron chi connectivity index (χ1n) is 6.47. The number of nitrogens with one attached hydrogen (secondary N) is 1. The standard InChI is InChI=1S/C15H17ClN2O2/c1-10(7-8-20-2)17-15(19)12-9-14(16)18-13-6-4-3-5-11(12)13/h3-6,9-10H,7-8H2,1-2H3,(H,17,19). The molecule has 5 heteroatoms. The predicted molar refractivity (Wildman–Crippen MR) is 80.2 cm³/mol. The Morgan fingerprint density at radius 3 is 2.95 bits per heavy atom. The van der Waals surface area contributed by atoms with E-state index in [0.29, 0.717) is 17.3 Å². The molecule has 0 saturated heterocycles. The van der Waals surface area contributed by atoms with Gasteiger partial charge in [-0.2, -0.15) is 0 Å². The average molecular weight is 293 g/mol. The number of carbonyl (C=O) groups excluding carboxylic acids is 1. The molecule has 1 aromatic carbocycles. The summed E-state index contributed by atoms with van der Waals surface area (Å²) in [5.41, 5.74) is 1.26. The lowest BCUT2D eigenvalue weighted by molar-refractivity contribution is 0.0931. The summed E-state index contributed by atoms with van der Waals surface area (Å²) in [6.45, 7) is 2.56. The normalized spacial score (nSPS) is 12.3. The van der Waals surface area contributed by atoms with Crippen LogP contribution in [0, 0.1) is 0 Å². The second-order valence-electron chi connectivity index (χ2n) is 4.67. The molecule has 20 heavy (non-hydrogen) atoms. The van der Waals surface area contributed by atoms with Crippen LogP contribution in [0.5, 0.6) is 0 Å². The van der Waals surface area contributed by atoms with Crippen molar-refractivity contribution in [3.05, 3.63) is 41.0 Å². The predicted octanol–water partition coefficient (Wildman–Crippen LogP) is 3.04. The summed E-state index contributed by atoms with van der Waals surface area (Å²) in [4.78, 5) is 16.6. The number of carbonyl (C=O) groups is 1. The number of rotatable bonds is 5. The molecule has 2 aromatic rings. The molecule has 0 aliphatic rings. The lowest BCUT2D eigenvalue weighted by Crippen LogP contribution is -2.33. The van der Waals surface area contributed by atoms with Gasteiger partial charge in [-0.25, -0.2) is 4.98 Å². The van der Waals surface area contributed by atoms with Gasteiger partial charge in [0.25, 0.3) is 5.91 Å². The summed E-state index contributed by atoms with van der Waals surface area (Å²) in [5, 5.41) is 4.06. The van der Waals surface area contributed by atoms with E-state index in [2.05, 4.69) is 10.3 Å². The van der Waals surface area contributed by atoms with Gasteiger partial charge in [0.15, 0.2) is 0 Å². The number of aromatic nitrogens is 1. The number of halogens is 1. The topological polar surface area (TPSA) is 51.2 Å². The Kier molecular flexibility index (Phi) is 4.93. The third kappa shape index (κ3) is 3.46. The highest BCUT2D eigenvalue weighted by Crippen LogP contribution is 2.20. The average Bonchev–Trinajstić information content (AvgIpc) is 2.44. The maximum Gasteiger partial charge on any atom is 0.252 e. The molecule has 1 N–H and O–H groups in total. The minimum Gasteiger partial charge on any atom is -0.385 e. The minimum atomic E-state index is -0.144. The molecule has 0 aliphatic heterocycles. The zero-order valence-corrected chi connectivity index (χ0v) is 12.3. The van der Waals surface area contributed by atoms with Crippen LogP contribution in [0.3, 0.4) is 0 Å². The molecule has 1 unspecified atom stereocenters.